The number of hydrogen-bond acceptors (Lipinski definition) is 4. The van der Waals surface area contributed by atoms with Gasteiger partial charge in [0.05, 0.1) is 16.1 Å². The van der Waals surface area contributed by atoms with Gasteiger partial charge in [-0.3, -0.25) is 4.57 Å². The van der Waals surface area contributed by atoms with Crippen LogP contribution in [0.1, 0.15) is 50.0 Å². The van der Waals surface area contributed by atoms with Gasteiger partial charge in [-0.2, -0.15) is 5.10 Å². The van der Waals surface area contributed by atoms with E-state index in [1.165, 1.54) is 0 Å². The van der Waals surface area contributed by atoms with Gasteiger partial charge in [-0.25, -0.2) is 9.48 Å². The molecule has 27 heavy (non-hydrogen) atoms. The van der Waals surface area contributed by atoms with Gasteiger partial charge in [0.25, 0.3) is 0 Å². The van der Waals surface area contributed by atoms with Crippen molar-refractivity contribution in [2.75, 3.05) is 13.1 Å². The highest BCUT2D eigenvalue weighted by Crippen LogP contribution is 2.41. The number of aromatic hydroxyl groups is 1. The Morgan fingerprint density at radius 2 is 1.93 bits per heavy atom. The first-order chi connectivity index (χ1) is 12.9. The van der Waals surface area contributed by atoms with Crippen molar-refractivity contribution in [3.63, 3.8) is 0 Å². The first kappa shape index (κ1) is 18.8. The van der Waals surface area contributed by atoms with Crippen LogP contribution in [-0.2, 0) is 13.0 Å². The van der Waals surface area contributed by atoms with Crippen molar-refractivity contribution in [2.45, 2.75) is 57.7 Å². The standard InChI is InChI=1S/C19H24Cl2N4O2/c1-11(2)23-7-5-13(6-8-23)25-19(27)24-10-12(9-16(24)22-25)17-15(26)4-3-14(20)18(17)21/h3-4,11-13,26H,5-10H2,1-2H3/t12-/m0/s1. The molecule has 0 aliphatic carbocycles. The maximum atomic E-state index is 12.9. The maximum Gasteiger partial charge on any atom is 0.346 e. The van der Waals surface area contributed by atoms with Crippen molar-refractivity contribution in [1.82, 2.24) is 19.2 Å². The molecule has 1 fully saturated rings. The summed E-state index contributed by atoms with van der Waals surface area (Å²) in [6.07, 6.45) is 2.46. The summed E-state index contributed by atoms with van der Waals surface area (Å²) >= 11 is 12.4. The third-order valence-corrected chi connectivity index (χ3v) is 6.71. The molecule has 0 radical (unpaired) electrons. The Kier molecular flexibility index (Phi) is 4.99. The van der Waals surface area contributed by atoms with E-state index in [-0.39, 0.29) is 23.4 Å². The molecule has 0 unspecified atom stereocenters. The number of halogens is 2. The summed E-state index contributed by atoms with van der Waals surface area (Å²) < 4.78 is 3.39. The molecule has 0 saturated carbocycles. The number of fused-ring (bicyclic) bond motifs is 1. The first-order valence-corrected chi connectivity index (χ1v) is 10.2. The van der Waals surface area contributed by atoms with Crippen LogP contribution in [0.4, 0.5) is 0 Å². The second-order valence-corrected chi connectivity index (χ2v) is 8.60. The van der Waals surface area contributed by atoms with Gasteiger partial charge in [-0.15, -0.1) is 0 Å². The minimum absolute atomic E-state index is 0.0619. The highest BCUT2D eigenvalue weighted by atomic mass is 35.5. The number of aromatic nitrogens is 3. The van der Waals surface area contributed by atoms with E-state index in [1.54, 1.807) is 21.4 Å². The Morgan fingerprint density at radius 3 is 2.56 bits per heavy atom. The maximum absolute atomic E-state index is 12.9. The van der Waals surface area contributed by atoms with E-state index in [1.807, 2.05) is 0 Å². The third kappa shape index (κ3) is 3.28. The number of hydrogen-bond donors (Lipinski definition) is 1. The van der Waals surface area contributed by atoms with E-state index in [0.29, 0.717) is 34.6 Å². The fraction of sp³-hybridized carbons (Fsp3) is 0.579. The molecule has 146 valence electrons. The van der Waals surface area contributed by atoms with Gasteiger partial charge in [0.1, 0.15) is 11.6 Å². The molecule has 0 bridgehead atoms. The fourth-order valence-electron chi connectivity index (χ4n) is 4.32. The third-order valence-electron chi connectivity index (χ3n) is 5.89. The minimum Gasteiger partial charge on any atom is -0.508 e. The molecular weight excluding hydrogens is 387 g/mol. The van der Waals surface area contributed by atoms with E-state index in [0.717, 1.165) is 31.8 Å². The number of phenolic OH excluding ortho intramolecular Hbond substituents is 1. The van der Waals surface area contributed by atoms with Crippen molar-refractivity contribution in [2.24, 2.45) is 0 Å². The Labute approximate surface area is 168 Å². The van der Waals surface area contributed by atoms with Gasteiger partial charge in [0, 0.05) is 43.6 Å². The second-order valence-electron chi connectivity index (χ2n) is 7.81. The van der Waals surface area contributed by atoms with Gasteiger partial charge < -0.3 is 10.0 Å². The Hall–Kier alpha value is -1.50. The average molecular weight is 411 g/mol. The highest BCUT2D eigenvalue weighted by Gasteiger charge is 2.33. The predicted molar refractivity (Wildman–Crippen MR) is 106 cm³/mol. The van der Waals surface area contributed by atoms with Crippen LogP contribution in [0.2, 0.25) is 10.0 Å². The Bertz CT molecular complexity index is 913. The zero-order valence-corrected chi connectivity index (χ0v) is 17.0. The lowest BCUT2D eigenvalue weighted by Gasteiger charge is -2.34. The average Bonchev–Trinajstić information content (AvgIpc) is 3.18. The van der Waals surface area contributed by atoms with Crippen molar-refractivity contribution in [3.05, 3.63) is 44.1 Å². The number of benzene rings is 1. The zero-order valence-electron chi connectivity index (χ0n) is 15.5. The Balaban J connectivity index is 1.55. The summed E-state index contributed by atoms with van der Waals surface area (Å²) in [6, 6.07) is 3.82. The second kappa shape index (κ2) is 7.15. The van der Waals surface area contributed by atoms with Crippen molar-refractivity contribution in [3.8, 4) is 5.75 Å². The van der Waals surface area contributed by atoms with Crippen LogP contribution in [0.25, 0.3) is 0 Å². The van der Waals surface area contributed by atoms with Crippen LogP contribution in [0.5, 0.6) is 5.75 Å². The van der Waals surface area contributed by atoms with Crippen molar-refractivity contribution >= 4 is 23.2 Å². The molecule has 1 N–H and O–H groups in total. The largest absolute Gasteiger partial charge is 0.508 e. The lowest BCUT2D eigenvalue weighted by Crippen LogP contribution is -2.41. The van der Waals surface area contributed by atoms with Gasteiger partial charge in [0.2, 0.25) is 0 Å². The molecule has 1 atom stereocenters. The molecule has 6 nitrogen and oxygen atoms in total. The van der Waals surface area contributed by atoms with Crippen LogP contribution >= 0.6 is 23.2 Å². The molecular formula is C19H24Cl2N4O2. The predicted octanol–water partition coefficient (Wildman–Crippen LogP) is 3.44. The van der Waals surface area contributed by atoms with Gasteiger partial charge in [-0.05, 0) is 38.8 Å². The number of phenols is 1. The normalized spacial score (nSPS) is 21.1. The molecule has 2 aliphatic heterocycles. The van der Waals surface area contributed by atoms with Crippen LogP contribution in [-0.4, -0.2) is 43.5 Å². The van der Waals surface area contributed by atoms with Gasteiger partial charge in [-0.1, -0.05) is 23.2 Å². The highest BCUT2D eigenvalue weighted by molar-refractivity contribution is 6.42. The molecule has 1 saturated heterocycles. The summed E-state index contributed by atoms with van der Waals surface area (Å²) in [5, 5.41) is 15.6. The Morgan fingerprint density at radius 1 is 1.22 bits per heavy atom. The topological polar surface area (TPSA) is 63.3 Å². The number of rotatable bonds is 3. The van der Waals surface area contributed by atoms with E-state index in [2.05, 4.69) is 23.8 Å². The molecule has 8 heteroatoms. The summed E-state index contributed by atoms with van der Waals surface area (Å²) in [6.45, 7) is 6.85. The van der Waals surface area contributed by atoms with Crippen molar-refractivity contribution < 1.29 is 5.11 Å². The lowest BCUT2D eigenvalue weighted by molar-refractivity contribution is 0.145. The first-order valence-electron chi connectivity index (χ1n) is 9.46. The lowest BCUT2D eigenvalue weighted by atomic mass is 9.96. The smallest absolute Gasteiger partial charge is 0.346 e. The molecule has 1 aromatic carbocycles. The summed E-state index contributed by atoms with van der Waals surface area (Å²) in [5.74, 6) is 0.775. The SMILES string of the molecule is CC(C)N1CCC(n2nc3n(c2=O)C[C@@H](c2c(O)ccc(Cl)c2Cl)C3)CC1. The fourth-order valence-corrected chi connectivity index (χ4v) is 4.80. The van der Waals surface area contributed by atoms with Gasteiger partial charge in [0.15, 0.2) is 0 Å². The van der Waals surface area contributed by atoms with Crippen LogP contribution in [0, 0.1) is 0 Å². The molecule has 0 spiro atoms. The minimum atomic E-state index is -0.0937. The number of piperidine rings is 1. The quantitative estimate of drug-likeness (QED) is 0.841. The summed E-state index contributed by atoms with van der Waals surface area (Å²) in [4.78, 5) is 15.4. The van der Waals surface area contributed by atoms with Crippen molar-refractivity contribution in [1.29, 1.82) is 0 Å². The number of likely N-dealkylation sites (tertiary alicyclic amines) is 1. The summed E-state index contributed by atoms with van der Waals surface area (Å²) in [7, 11) is 0. The molecule has 2 aliphatic rings. The molecule has 0 amide bonds. The van der Waals surface area contributed by atoms with Crippen LogP contribution in [0.15, 0.2) is 16.9 Å². The van der Waals surface area contributed by atoms with E-state index in [4.69, 9.17) is 23.2 Å². The summed E-state index contributed by atoms with van der Waals surface area (Å²) in [5.41, 5.74) is 0.541. The molecule has 3 heterocycles. The van der Waals surface area contributed by atoms with E-state index >= 15 is 0 Å². The van der Waals surface area contributed by atoms with E-state index < -0.39 is 0 Å². The van der Waals surface area contributed by atoms with Crippen LogP contribution in [0.3, 0.4) is 0 Å². The van der Waals surface area contributed by atoms with E-state index in [9.17, 15) is 9.90 Å². The molecule has 1 aromatic heterocycles. The molecule has 4 rings (SSSR count). The number of nitrogens with zero attached hydrogens (tertiary/aromatic N) is 4. The molecule has 2 aromatic rings. The monoisotopic (exact) mass is 410 g/mol. The zero-order chi connectivity index (χ0) is 19.3. The van der Waals surface area contributed by atoms with Gasteiger partial charge >= 0.3 is 5.69 Å². The van der Waals surface area contributed by atoms with Crippen LogP contribution < -0.4 is 5.69 Å².